The summed E-state index contributed by atoms with van der Waals surface area (Å²) in [5, 5.41) is 1.51. The summed E-state index contributed by atoms with van der Waals surface area (Å²) in [7, 11) is 0. The van der Waals surface area contributed by atoms with Crippen molar-refractivity contribution in [2.75, 3.05) is 32.5 Å². The molecule has 3 aromatic rings. The van der Waals surface area contributed by atoms with Crippen LogP contribution in [-0.4, -0.2) is 47.6 Å². The summed E-state index contributed by atoms with van der Waals surface area (Å²) >= 11 is 1.81. The van der Waals surface area contributed by atoms with Crippen LogP contribution in [0.5, 0.6) is 0 Å². The minimum absolute atomic E-state index is 0.344. The Morgan fingerprint density at radius 3 is 2.71 bits per heavy atom. The average Bonchev–Trinajstić information content (AvgIpc) is 2.83. The zero-order chi connectivity index (χ0) is 21.5. The van der Waals surface area contributed by atoms with Crippen molar-refractivity contribution < 1.29 is 4.74 Å². The van der Waals surface area contributed by atoms with Crippen molar-refractivity contribution in [1.82, 2.24) is 9.88 Å². The Labute approximate surface area is 191 Å². The fourth-order valence-electron chi connectivity index (χ4n) is 4.23. The molecule has 0 saturated carbocycles. The van der Waals surface area contributed by atoms with Gasteiger partial charge in [0.1, 0.15) is 0 Å². The number of benzene rings is 2. The second kappa shape index (κ2) is 11.1. The highest BCUT2D eigenvalue weighted by atomic mass is 32.2. The van der Waals surface area contributed by atoms with E-state index in [2.05, 4.69) is 66.6 Å². The second-order valence-corrected chi connectivity index (χ2v) is 9.53. The molecule has 4 rings (SSSR count). The van der Waals surface area contributed by atoms with E-state index in [1.54, 1.807) is 11.8 Å². The molecule has 1 radical (unpaired) electrons. The molecule has 1 aliphatic rings. The lowest BCUT2D eigenvalue weighted by atomic mass is 9.98. The molecular weight excluding hydrogens is 400 g/mol. The van der Waals surface area contributed by atoms with Crippen molar-refractivity contribution in [1.29, 1.82) is 0 Å². The molecule has 31 heavy (non-hydrogen) atoms. The van der Waals surface area contributed by atoms with E-state index in [1.165, 1.54) is 48.9 Å². The Bertz CT molecular complexity index is 984. The molecular formula is C27H33N2OS. The smallest absolute Gasteiger partial charge is 0.0720 e. The first-order valence-electron chi connectivity index (χ1n) is 11.4. The number of likely N-dealkylation sites (tertiary alicyclic amines) is 1. The van der Waals surface area contributed by atoms with Crippen LogP contribution < -0.4 is 0 Å². The predicted molar refractivity (Wildman–Crippen MR) is 133 cm³/mol. The molecule has 2 heterocycles. The van der Waals surface area contributed by atoms with Gasteiger partial charge in [0, 0.05) is 22.7 Å². The Kier molecular flexibility index (Phi) is 8.01. The van der Waals surface area contributed by atoms with Crippen LogP contribution in [0.15, 0.2) is 54.6 Å². The van der Waals surface area contributed by atoms with Gasteiger partial charge in [-0.15, -0.1) is 0 Å². The molecule has 3 nitrogen and oxygen atoms in total. The van der Waals surface area contributed by atoms with Gasteiger partial charge >= 0.3 is 0 Å². The maximum absolute atomic E-state index is 6.15. The Morgan fingerprint density at radius 1 is 1.03 bits per heavy atom. The number of para-hydroxylation sites is 1. The van der Waals surface area contributed by atoms with Crippen molar-refractivity contribution in [3.05, 3.63) is 72.6 Å². The summed E-state index contributed by atoms with van der Waals surface area (Å²) in [6, 6.07) is 19.2. The lowest BCUT2D eigenvalue weighted by molar-refractivity contribution is 0.0860. The molecule has 1 aliphatic heterocycles. The van der Waals surface area contributed by atoms with Gasteiger partial charge in [-0.05, 0) is 74.9 Å². The van der Waals surface area contributed by atoms with Crippen molar-refractivity contribution in [3.63, 3.8) is 0 Å². The molecule has 0 spiro atoms. The number of aromatic nitrogens is 1. The van der Waals surface area contributed by atoms with Gasteiger partial charge < -0.3 is 9.64 Å². The molecule has 1 unspecified atom stereocenters. The van der Waals surface area contributed by atoms with Crippen LogP contribution in [0.3, 0.4) is 0 Å². The van der Waals surface area contributed by atoms with Crippen molar-refractivity contribution >= 4 is 22.7 Å². The number of hydrogen-bond donors (Lipinski definition) is 0. The van der Waals surface area contributed by atoms with Gasteiger partial charge in [-0.3, -0.25) is 0 Å². The molecule has 0 aliphatic carbocycles. The van der Waals surface area contributed by atoms with Crippen LogP contribution in [-0.2, 0) is 17.8 Å². The monoisotopic (exact) mass is 433 g/mol. The molecule has 0 bridgehead atoms. The van der Waals surface area contributed by atoms with E-state index in [-0.39, 0.29) is 0 Å². The Hall–Kier alpha value is -1.88. The zero-order valence-corrected chi connectivity index (χ0v) is 19.4. The normalized spacial score (nSPS) is 15.9. The fourth-order valence-corrected chi connectivity index (χ4v) is 4.58. The summed E-state index contributed by atoms with van der Waals surface area (Å²) in [5.41, 5.74) is 5.78. The van der Waals surface area contributed by atoms with E-state index in [0.717, 1.165) is 36.3 Å². The van der Waals surface area contributed by atoms with E-state index in [9.17, 15) is 0 Å². The highest BCUT2D eigenvalue weighted by Crippen LogP contribution is 2.26. The number of nitrogens with zero attached hydrogens (tertiary/aromatic N) is 2. The summed E-state index contributed by atoms with van der Waals surface area (Å²) < 4.78 is 6.15. The maximum Gasteiger partial charge on any atom is 0.0720 e. The largest absolute Gasteiger partial charge is 0.375 e. The number of rotatable bonds is 9. The van der Waals surface area contributed by atoms with Gasteiger partial charge in [-0.1, -0.05) is 42.8 Å². The number of hydrogen-bond acceptors (Lipinski definition) is 4. The first-order valence-corrected chi connectivity index (χ1v) is 12.7. The van der Waals surface area contributed by atoms with Crippen molar-refractivity contribution in [3.8, 4) is 11.3 Å². The Morgan fingerprint density at radius 2 is 1.87 bits per heavy atom. The van der Waals surface area contributed by atoms with Gasteiger partial charge in [0.25, 0.3) is 0 Å². The SMILES string of the molecule is [CH2]C(Cc1ccc(-c2ccc3ccccc3n2)cc1COCCN1CCCCC1)SC. The first-order chi connectivity index (χ1) is 15.2. The molecule has 1 saturated heterocycles. The molecule has 163 valence electrons. The van der Waals surface area contributed by atoms with Gasteiger partial charge in [-0.2, -0.15) is 11.8 Å². The summed E-state index contributed by atoms with van der Waals surface area (Å²) in [4.78, 5) is 7.41. The highest BCUT2D eigenvalue weighted by molar-refractivity contribution is 7.99. The Balaban J connectivity index is 1.50. The number of thioether (sulfide) groups is 1. The molecule has 1 aromatic heterocycles. The van der Waals surface area contributed by atoms with Crippen LogP contribution in [0.1, 0.15) is 30.4 Å². The first kappa shape index (κ1) is 22.3. The second-order valence-electron chi connectivity index (χ2n) is 8.39. The summed E-state index contributed by atoms with van der Waals surface area (Å²) in [6.45, 7) is 9.16. The quantitative estimate of drug-likeness (QED) is 0.386. The minimum Gasteiger partial charge on any atom is -0.375 e. The van der Waals surface area contributed by atoms with E-state index in [4.69, 9.17) is 9.72 Å². The van der Waals surface area contributed by atoms with Crippen LogP contribution in [0.4, 0.5) is 0 Å². The molecule has 4 heteroatoms. The van der Waals surface area contributed by atoms with Gasteiger partial charge in [0.15, 0.2) is 0 Å². The minimum atomic E-state index is 0.344. The van der Waals surface area contributed by atoms with E-state index >= 15 is 0 Å². The lowest BCUT2D eigenvalue weighted by Crippen LogP contribution is -2.32. The molecule has 0 N–H and O–H groups in total. The van der Waals surface area contributed by atoms with E-state index in [0.29, 0.717) is 11.9 Å². The summed E-state index contributed by atoms with van der Waals surface area (Å²) in [5.74, 6) is 0. The number of pyridine rings is 1. The zero-order valence-electron chi connectivity index (χ0n) is 18.6. The van der Waals surface area contributed by atoms with Gasteiger partial charge in [0.2, 0.25) is 0 Å². The van der Waals surface area contributed by atoms with Crippen LogP contribution in [0, 0.1) is 6.92 Å². The van der Waals surface area contributed by atoms with Gasteiger partial charge in [0.05, 0.1) is 24.4 Å². The maximum atomic E-state index is 6.15. The standard InChI is InChI=1S/C27H33N2OS/c1-21(31-2)18-23-10-11-24(27-13-12-22-8-4-5-9-26(22)28-27)19-25(23)20-30-17-16-29-14-6-3-7-15-29/h4-5,8-13,19,21H,1,3,6-7,14-18,20H2,2H3. The average molecular weight is 434 g/mol. The molecule has 1 fully saturated rings. The van der Waals surface area contributed by atoms with Crippen LogP contribution >= 0.6 is 11.8 Å². The number of ether oxygens (including phenoxy) is 1. The van der Waals surface area contributed by atoms with Crippen molar-refractivity contribution in [2.24, 2.45) is 0 Å². The third-order valence-corrected chi connectivity index (χ3v) is 6.97. The van der Waals surface area contributed by atoms with E-state index in [1.807, 2.05) is 6.07 Å². The topological polar surface area (TPSA) is 25.4 Å². The van der Waals surface area contributed by atoms with Crippen molar-refractivity contribution in [2.45, 2.75) is 37.5 Å². The lowest BCUT2D eigenvalue weighted by Gasteiger charge is -2.26. The predicted octanol–water partition coefficient (Wildman–Crippen LogP) is 6.01. The molecule has 1 atom stereocenters. The third kappa shape index (κ3) is 6.09. The number of piperidine rings is 1. The van der Waals surface area contributed by atoms with E-state index < -0.39 is 0 Å². The third-order valence-electron chi connectivity index (χ3n) is 6.14. The molecule has 2 aromatic carbocycles. The number of fused-ring (bicyclic) bond motifs is 1. The highest BCUT2D eigenvalue weighted by Gasteiger charge is 2.12. The van der Waals surface area contributed by atoms with Crippen LogP contribution in [0.2, 0.25) is 0 Å². The fraction of sp³-hybridized carbons (Fsp3) is 0.407. The van der Waals surface area contributed by atoms with Gasteiger partial charge in [-0.25, -0.2) is 4.98 Å². The molecule has 0 amide bonds. The summed E-state index contributed by atoms with van der Waals surface area (Å²) in [6.07, 6.45) is 7.10. The van der Waals surface area contributed by atoms with Crippen LogP contribution in [0.25, 0.3) is 22.2 Å².